The first-order valence-corrected chi connectivity index (χ1v) is 9.89. The molecule has 1 aliphatic heterocycles. The van der Waals surface area contributed by atoms with E-state index in [1.54, 1.807) is 6.07 Å². The Hall–Kier alpha value is -2.85. The molecule has 0 radical (unpaired) electrons. The van der Waals surface area contributed by atoms with E-state index in [-0.39, 0.29) is 17.8 Å². The van der Waals surface area contributed by atoms with Crippen molar-refractivity contribution in [1.29, 1.82) is 0 Å². The third kappa shape index (κ3) is 4.02. The summed E-state index contributed by atoms with van der Waals surface area (Å²) < 4.78 is 5.63. The van der Waals surface area contributed by atoms with Gasteiger partial charge < -0.3 is 15.2 Å². The minimum atomic E-state index is -0.413. The number of hydrogen-bond donors (Lipinski definition) is 2. The van der Waals surface area contributed by atoms with Crippen molar-refractivity contribution in [2.24, 2.45) is 0 Å². The van der Waals surface area contributed by atoms with Gasteiger partial charge in [-0.1, -0.05) is 60.7 Å². The van der Waals surface area contributed by atoms with Gasteiger partial charge in [-0.15, -0.1) is 0 Å². The fourth-order valence-corrected chi connectivity index (χ4v) is 3.95. The highest BCUT2D eigenvalue weighted by atomic mass is 16.5. The number of fused-ring (bicyclic) bond motifs is 1. The van der Waals surface area contributed by atoms with Gasteiger partial charge in [0.2, 0.25) is 5.91 Å². The first-order valence-electron chi connectivity index (χ1n) is 9.89. The predicted octanol–water partition coefficient (Wildman–Crippen LogP) is 4.71. The third-order valence-corrected chi connectivity index (χ3v) is 5.39. The summed E-state index contributed by atoms with van der Waals surface area (Å²) >= 11 is 0. The van der Waals surface area contributed by atoms with Crippen molar-refractivity contribution in [2.45, 2.75) is 37.8 Å². The van der Waals surface area contributed by atoms with Crippen molar-refractivity contribution in [2.75, 3.05) is 6.61 Å². The minimum Gasteiger partial charge on any atom is -0.508 e. The largest absolute Gasteiger partial charge is 0.508 e. The summed E-state index contributed by atoms with van der Waals surface area (Å²) in [5.74, 6) is 0.156. The van der Waals surface area contributed by atoms with Crippen molar-refractivity contribution in [3.05, 3.63) is 77.9 Å². The summed E-state index contributed by atoms with van der Waals surface area (Å²) in [6, 6.07) is 20.9. The number of carbonyl (C=O) groups excluding carboxylic acids is 1. The third-order valence-electron chi connectivity index (χ3n) is 5.39. The van der Waals surface area contributed by atoms with E-state index in [1.165, 1.54) is 0 Å². The summed E-state index contributed by atoms with van der Waals surface area (Å²) in [5, 5.41) is 15.8. The quantitative estimate of drug-likeness (QED) is 0.656. The van der Waals surface area contributed by atoms with Crippen LogP contribution in [0.2, 0.25) is 0 Å². The van der Waals surface area contributed by atoms with Crippen molar-refractivity contribution in [3.63, 3.8) is 0 Å². The van der Waals surface area contributed by atoms with Crippen LogP contribution in [0, 0.1) is 0 Å². The monoisotopic (exact) mass is 375 g/mol. The van der Waals surface area contributed by atoms with Crippen molar-refractivity contribution in [3.8, 4) is 5.75 Å². The molecular weight excluding hydrogens is 350 g/mol. The molecule has 0 spiro atoms. The maximum absolute atomic E-state index is 12.8. The van der Waals surface area contributed by atoms with Gasteiger partial charge in [0.15, 0.2) is 0 Å². The minimum absolute atomic E-state index is 0.0308. The topological polar surface area (TPSA) is 58.6 Å². The molecule has 28 heavy (non-hydrogen) atoms. The SMILES string of the molecule is O=C(CCC1CCCO1)NC(c1ccccc1)c1c(O)ccc2ccccc12. The number of benzene rings is 3. The van der Waals surface area contributed by atoms with Crippen LogP contribution in [0.4, 0.5) is 0 Å². The summed E-state index contributed by atoms with van der Waals surface area (Å²) in [7, 11) is 0. The summed E-state index contributed by atoms with van der Waals surface area (Å²) in [6.45, 7) is 0.794. The number of carbonyl (C=O) groups is 1. The van der Waals surface area contributed by atoms with E-state index in [4.69, 9.17) is 4.74 Å². The lowest BCUT2D eigenvalue weighted by Crippen LogP contribution is -2.30. The van der Waals surface area contributed by atoms with E-state index in [0.29, 0.717) is 6.42 Å². The van der Waals surface area contributed by atoms with Gasteiger partial charge in [-0.2, -0.15) is 0 Å². The number of amides is 1. The molecule has 4 rings (SSSR count). The van der Waals surface area contributed by atoms with Gasteiger partial charge in [0.25, 0.3) is 0 Å². The van der Waals surface area contributed by atoms with Crippen molar-refractivity contribution >= 4 is 16.7 Å². The molecule has 2 N–H and O–H groups in total. The number of nitrogens with one attached hydrogen (secondary N) is 1. The lowest BCUT2D eigenvalue weighted by molar-refractivity contribution is -0.122. The first kappa shape index (κ1) is 18.5. The fraction of sp³-hybridized carbons (Fsp3) is 0.292. The zero-order valence-corrected chi connectivity index (χ0v) is 15.8. The number of ether oxygens (including phenoxy) is 1. The number of phenols is 1. The molecule has 0 aromatic heterocycles. The number of rotatable bonds is 6. The molecule has 3 aromatic carbocycles. The molecule has 0 saturated carbocycles. The Morgan fingerprint density at radius 1 is 1.07 bits per heavy atom. The zero-order chi connectivity index (χ0) is 19.3. The molecule has 144 valence electrons. The molecular formula is C24H25NO3. The summed E-state index contributed by atoms with van der Waals surface area (Å²) in [5.41, 5.74) is 1.68. The van der Waals surface area contributed by atoms with Gasteiger partial charge >= 0.3 is 0 Å². The molecule has 1 heterocycles. The highest BCUT2D eigenvalue weighted by molar-refractivity contribution is 5.89. The van der Waals surface area contributed by atoms with E-state index in [9.17, 15) is 9.90 Å². The highest BCUT2D eigenvalue weighted by Crippen LogP contribution is 2.36. The Kier molecular flexibility index (Phi) is 5.58. The number of phenolic OH excluding ortho intramolecular Hbond substituents is 1. The molecule has 0 aliphatic carbocycles. The summed E-state index contributed by atoms with van der Waals surface area (Å²) in [6.07, 6.45) is 3.43. The average molecular weight is 375 g/mol. The van der Waals surface area contributed by atoms with Crippen LogP contribution < -0.4 is 5.32 Å². The van der Waals surface area contributed by atoms with Gasteiger partial charge in [-0.25, -0.2) is 0 Å². The van der Waals surface area contributed by atoms with Gasteiger partial charge in [-0.3, -0.25) is 4.79 Å². The van der Waals surface area contributed by atoms with Crippen LogP contribution in [0.1, 0.15) is 42.9 Å². The zero-order valence-electron chi connectivity index (χ0n) is 15.8. The highest BCUT2D eigenvalue weighted by Gasteiger charge is 2.23. The Balaban J connectivity index is 1.65. The first-order chi connectivity index (χ1) is 13.7. The van der Waals surface area contributed by atoms with Crippen LogP contribution in [0.25, 0.3) is 10.8 Å². The number of hydrogen-bond acceptors (Lipinski definition) is 3. The van der Waals surface area contributed by atoms with Crippen LogP contribution in [-0.2, 0) is 9.53 Å². The summed E-state index contributed by atoms with van der Waals surface area (Å²) in [4.78, 5) is 12.8. The maximum atomic E-state index is 12.8. The Bertz CT molecular complexity index is 948. The second-order valence-corrected chi connectivity index (χ2v) is 7.30. The molecule has 4 heteroatoms. The normalized spacial score (nSPS) is 17.5. The van der Waals surface area contributed by atoms with Crippen LogP contribution in [-0.4, -0.2) is 23.7 Å². The molecule has 1 aliphatic rings. The molecule has 1 amide bonds. The molecule has 3 aromatic rings. The van der Waals surface area contributed by atoms with E-state index in [1.807, 2.05) is 60.7 Å². The van der Waals surface area contributed by atoms with Crippen molar-refractivity contribution in [1.82, 2.24) is 5.32 Å². The average Bonchev–Trinajstić information content (AvgIpc) is 3.25. The Labute approximate surface area is 165 Å². The van der Waals surface area contributed by atoms with Crippen LogP contribution in [0.5, 0.6) is 5.75 Å². The molecule has 0 bridgehead atoms. The van der Waals surface area contributed by atoms with Crippen LogP contribution in [0.15, 0.2) is 66.7 Å². The lowest BCUT2D eigenvalue weighted by Gasteiger charge is -2.23. The Morgan fingerprint density at radius 2 is 1.86 bits per heavy atom. The molecule has 1 saturated heterocycles. The molecule has 4 nitrogen and oxygen atoms in total. The van der Waals surface area contributed by atoms with Gasteiger partial charge in [0.05, 0.1) is 12.1 Å². The van der Waals surface area contributed by atoms with Gasteiger partial charge in [0.1, 0.15) is 5.75 Å². The molecule has 2 atom stereocenters. The smallest absolute Gasteiger partial charge is 0.220 e. The number of aromatic hydroxyl groups is 1. The fourth-order valence-electron chi connectivity index (χ4n) is 3.95. The van der Waals surface area contributed by atoms with E-state index < -0.39 is 6.04 Å². The molecule has 1 fully saturated rings. The van der Waals surface area contributed by atoms with Crippen LogP contribution >= 0.6 is 0 Å². The van der Waals surface area contributed by atoms with E-state index >= 15 is 0 Å². The predicted molar refractivity (Wildman–Crippen MR) is 110 cm³/mol. The second kappa shape index (κ2) is 8.44. The lowest BCUT2D eigenvalue weighted by atomic mass is 9.92. The maximum Gasteiger partial charge on any atom is 0.220 e. The Morgan fingerprint density at radius 3 is 2.64 bits per heavy atom. The van der Waals surface area contributed by atoms with Gasteiger partial charge in [0, 0.05) is 18.6 Å². The van der Waals surface area contributed by atoms with E-state index in [0.717, 1.165) is 47.8 Å². The van der Waals surface area contributed by atoms with Gasteiger partial charge in [-0.05, 0) is 41.7 Å². The van der Waals surface area contributed by atoms with E-state index in [2.05, 4.69) is 5.32 Å². The van der Waals surface area contributed by atoms with Crippen LogP contribution in [0.3, 0.4) is 0 Å². The standard InChI is InChI=1S/C24H25NO3/c26-21-14-12-17-7-4-5-11-20(17)23(21)24(18-8-2-1-3-9-18)25-22(27)15-13-19-10-6-16-28-19/h1-5,7-9,11-12,14,19,24,26H,6,10,13,15-16H2,(H,25,27). The molecule has 2 unspecified atom stereocenters. The van der Waals surface area contributed by atoms with Crippen molar-refractivity contribution < 1.29 is 14.6 Å². The second-order valence-electron chi connectivity index (χ2n) is 7.30.